The van der Waals surface area contributed by atoms with Crippen LogP contribution in [0.3, 0.4) is 0 Å². The van der Waals surface area contributed by atoms with Gasteiger partial charge in [0.05, 0.1) is 13.2 Å². The lowest BCUT2D eigenvalue weighted by Gasteiger charge is -2.05. The highest BCUT2D eigenvalue weighted by Gasteiger charge is 2.17. The van der Waals surface area contributed by atoms with Crippen molar-refractivity contribution in [1.82, 2.24) is 10.6 Å². The van der Waals surface area contributed by atoms with Crippen molar-refractivity contribution in [3.8, 4) is 0 Å². The number of ether oxygens (including phenoxy) is 1. The normalized spacial score (nSPS) is 21.5. The summed E-state index contributed by atoms with van der Waals surface area (Å²) in [6.07, 6.45) is 1.55. The lowest BCUT2D eigenvalue weighted by molar-refractivity contribution is -0.121. The van der Waals surface area contributed by atoms with E-state index in [1.165, 1.54) is 0 Å². The van der Waals surface area contributed by atoms with Gasteiger partial charge in [-0.3, -0.25) is 9.79 Å². The Hall–Kier alpha value is -0.750. The molecule has 5 nitrogen and oxygen atoms in total. The molecular formula is C11H21N3O2S. The van der Waals surface area contributed by atoms with Crippen molar-refractivity contribution >= 4 is 22.8 Å². The van der Waals surface area contributed by atoms with Crippen LogP contribution in [-0.2, 0) is 9.53 Å². The third-order valence-electron chi connectivity index (χ3n) is 2.46. The van der Waals surface area contributed by atoms with Crippen molar-refractivity contribution in [2.45, 2.75) is 25.8 Å². The van der Waals surface area contributed by atoms with E-state index in [1.807, 2.05) is 0 Å². The fourth-order valence-corrected chi connectivity index (χ4v) is 2.50. The van der Waals surface area contributed by atoms with E-state index in [1.54, 1.807) is 18.9 Å². The zero-order valence-corrected chi connectivity index (χ0v) is 11.3. The second-order valence-corrected chi connectivity index (χ2v) is 4.85. The molecule has 0 radical (unpaired) electrons. The van der Waals surface area contributed by atoms with Crippen LogP contribution in [-0.4, -0.2) is 49.7 Å². The van der Waals surface area contributed by atoms with Crippen molar-refractivity contribution in [3.63, 3.8) is 0 Å². The number of hydrogen-bond acceptors (Lipinski definition) is 4. The summed E-state index contributed by atoms with van der Waals surface area (Å²) in [6, 6.07) is 0.536. The number of nitrogens with zero attached hydrogens (tertiary/aromatic N) is 1. The molecule has 2 N–H and O–H groups in total. The van der Waals surface area contributed by atoms with E-state index in [0.717, 1.165) is 17.3 Å². The summed E-state index contributed by atoms with van der Waals surface area (Å²) in [6.45, 7) is 3.82. The predicted molar refractivity (Wildman–Crippen MR) is 71.5 cm³/mol. The van der Waals surface area contributed by atoms with Gasteiger partial charge in [0.15, 0.2) is 5.17 Å². The number of nitrogens with one attached hydrogen (secondary N) is 2. The summed E-state index contributed by atoms with van der Waals surface area (Å²) in [5, 5.41) is 7.07. The summed E-state index contributed by atoms with van der Waals surface area (Å²) in [4.78, 5) is 15.7. The van der Waals surface area contributed by atoms with Gasteiger partial charge in [-0.05, 0) is 6.42 Å². The van der Waals surface area contributed by atoms with Crippen LogP contribution < -0.4 is 10.6 Å². The lowest BCUT2D eigenvalue weighted by Crippen LogP contribution is -2.28. The van der Waals surface area contributed by atoms with Gasteiger partial charge in [-0.2, -0.15) is 0 Å². The van der Waals surface area contributed by atoms with Gasteiger partial charge in [-0.1, -0.05) is 18.7 Å². The zero-order valence-electron chi connectivity index (χ0n) is 10.5. The molecule has 0 aromatic rings. The Morgan fingerprint density at radius 1 is 1.71 bits per heavy atom. The summed E-state index contributed by atoms with van der Waals surface area (Å²) < 4.78 is 4.85. The minimum Gasteiger partial charge on any atom is -0.383 e. The van der Waals surface area contributed by atoms with Crippen LogP contribution >= 0.6 is 11.8 Å². The number of carbonyl (C=O) groups is 1. The molecule has 0 aromatic heterocycles. The van der Waals surface area contributed by atoms with Crippen LogP contribution in [0, 0.1) is 0 Å². The molecule has 1 heterocycles. The number of thioether (sulfide) groups is 1. The highest BCUT2D eigenvalue weighted by Crippen LogP contribution is 2.15. The minimum absolute atomic E-state index is 0.0291. The summed E-state index contributed by atoms with van der Waals surface area (Å²) in [5.41, 5.74) is 0. The molecule has 0 aliphatic carbocycles. The molecule has 1 aliphatic rings. The Labute approximate surface area is 107 Å². The smallest absolute Gasteiger partial charge is 0.221 e. The van der Waals surface area contributed by atoms with Gasteiger partial charge < -0.3 is 15.4 Å². The average molecular weight is 259 g/mol. The quantitative estimate of drug-likeness (QED) is 0.658. The van der Waals surface area contributed by atoms with E-state index in [2.05, 4.69) is 22.5 Å². The molecule has 1 fully saturated rings. The lowest BCUT2D eigenvalue weighted by atomic mass is 10.3. The van der Waals surface area contributed by atoms with Gasteiger partial charge in [-0.15, -0.1) is 0 Å². The van der Waals surface area contributed by atoms with Crippen LogP contribution in [0.1, 0.15) is 19.8 Å². The van der Waals surface area contributed by atoms with Crippen molar-refractivity contribution < 1.29 is 9.53 Å². The van der Waals surface area contributed by atoms with Crippen molar-refractivity contribution in [2.24, 2.45) is 4.99 Å². The maximum atomic E-state index is 11.3. The minimum atomic E-state index is 0.0291. The molecule has 1 saturated heterocycles. The molecule has 0 spiro atoms. The molecule has 1 amide bonds. The second-order valence-electron chi connectivity index (χ2n) is 3.84. The number of carbonyl (C=O) groups excluding carboxylic acids is 1. The summed E-state index contributed by atoms with van der Waals surface area (Å²) >= 11 is 1.74. The fourth-order valence-electron chi connectivity index (χ4n) is 1.39. The highest BCUT2D eigenvalue weighted by molar-refractivity contribution is 8.14. The molecule has 1 rings (SSSR count). The van der Waals surface area contributed by atoms with E-state index < -0.39 is 0 Å². The fraction of sp³-hybridized carbons (Fsp3) is 0.818. The van der Waals surface area contributed by atoms with Crippen molar-refractivity contribution in [1.29, 1.82) is 0 Å². The first kappa shape index (κ1) is 14.3. The number of hydrogen-bond donors (Lipinski definition) is 2. The Morgan fingerprint density at radius 2 is 2.53 bits per heavy atom. The molecular weight excluding hydrogens is 238 g/mol. The first-order valence-electron chi connectivity index (χ1n) is 5.95. The van der Waals surface area contributed by atoms with Gasteiger partial charge >= 0.3 is 0 Å². The van der Waals surface area contributed by atoms with Crippen LogP contribution in [0.15, 0.2) is 4.99 Å². The van der Waals surface area contributed by atoms with Gasteiger partial charge in [-0.25, -0.2) is 0 Å². The standard InChI is InChI=1S/C11H21N3O2S/c1-3-9-8-17-11(14-9)13-5-4-10(15)12-6-7-16-2/h9H,3-8H2,1-2H3,(H,12,15)(H,13,14). The molecule has 0 saturated carbocycles. The molecule has 6 heteroatoms. The second kappa shape index (κ2) is 8.36. The third-order valence-corrected chi connectivity index (χ3v) is 3.55. The monoisotopic (exact) mass is 259 g/mol. The van der Waals surface area contributed by atoms with Gasteiger partial charge in [0.25, 0.3) is 0 Å². The topological polar surface area (TPSA) is 62.7 Å². The van der Waals surface area contributed by atoms with Gasteiger partial charge in [0.1, 0.15) is 0 Å². The number of rotatable bonds is 7. The molecule has 1 aliphatic heterocycles. The molecule has 1 atom stereocenters. The maximum Gasteiger partial charge on any atom is 0.221 e. The molecule has 0 bridgehead atoms. The molecule has 17 heavy (non-hydrogen) atoms. The van der Waals surface area contributed by atoms with Gasteiger partial charge in [0, 0.05) is 31.9 Å². The maximum absolute atomic E-state index is 11.3. The Kier molecular flexibility index (Phi) is 7.04. The highest BCUT2D eigenvalue weighted by atomic mass is 32.2. The molecule has 0 aromatic carbocycles. The van der Waals surface area contributed by atoms with E-state index in [-0.39, 0.29) is 5.91 Å². The SMILES string of the molecule is CCC1CSC(=NCCC(=O)NCCOC)N1. The zero-order chi connectivity index (χ0) is 12.5. The third kappa shape index (κ3) is 5.93. The summed E-state index contributed by atoms with van der Waals surface area (Å²) in [5.74, 6) is 1.11. The first-order chi connectivity index (χ1) is 8.26. The number of methoxy groups -OCH3 is 1. The van der Waals surface area contributed by atoms with Crippen LogP contribution in [0.4, 0.5) is 0 Å². The summed E-state index contributed by atoms with van der Waals surface area (Å²) in [7, 11) is 1.62. The number of amides is 1. The van der Waals surface area contributed by atoms with Crippen LogP contribution in [0.5, 0.6) is 0 Å². The van der Waals surface area contributed by atoms with Crippen molar-refractivity contribution in [2.75, 3.05) is 32.6 Å². The van der Waals surface area contributed by atoms with E-state index in [4.69, 9.17) is 4.74 Å². The van der Waals surface area contributed by atoms with E-state index >= 15 is 0 Å². The molecule has 98 valence electrons. The van der Waals surface area contributed by atoms with Crippen molar-refractivity contribution in [3.05, 3.63) is 0 Å². The largest absolute Gasteiger partial charge is 0.383 e. The Morgan fingerprint density at radius 3 is 3.18 bits per heavy atom. The Balaban J connectivity index is 2.10. The number of amidine groups is 1. The molecule has 1 unspecified atom stereocenters. The average Bonchev–Trinajstić information content (AvgIpc) is 2.77. The van der Waals surface area contributed by atoms with E-state index in [9.17, 15) is 4.79 Å². The van der Waals surface area contributed by atoms with Crippen LogP contribution in [0.2, 0.25) is 0 Å². The van der Waals surface area contributed by atoms with Gasteiger partial charge in [0.2, 0.25) is 5.91 Å². The van der Waals surface area contributed by atoms with E-state index in [0.29, 0.717) is 32.2 Å². The van der Waals surface area contributed by atoms with Crippen LogP contribution in [0.25, 0.3) is 0 Å². The number of aliphatic imine (C=N–C) groups is 1. The first-order valence-corrected chi connectivity index (χ1v) is 6.94. The predicted octanol–water partition coefficient (Wildman–Crippen LogP) is 0.610. The Bertz CT molecular complexity index is 271.